The molecule has 2 aromatic carbocycles. The Morgan fingerprint density at radius 2 is 1.57 bits per heavy atom. The molecular formula is C15H10BrF6NO4S. The molecule has 154 valence electrons. The van der Waals surface area contributed by atoms with Crippen molar-refractivity contribution in [1.82, 2.24) is 4.72 Å². The Bertz CT molecular complexity index is 946. The Hall–Kier alpha value is -1.99. The van der Waals surface area contributed by atoms with E-state index in [1.54, 1.807) is 0 Å². The van der Waals surface area contributed by atoms with Crippen LogP contribution < -0.4 is 14.2 Å². The van der Waals surface area contributed by atoms with Crippen molar-refractivity contribution in [2.45, 2.75) is 24.2 Å². The van der Waals surface area contributed by atoms with E-state index in [0.29, 0.717) is 0 Å². The summed E-state index contributed by atoms with van der Waals surface area (Å²) in [4.78, 5) is -0.796. The van der Waals surface area contributed by atoms with Gasteiger partial charge in [0.05, 0.1) is 0 Å². The Labute approximate surface area is 163 Å². The first-order valence-corrected chi connectivity index (χ1v) is 9.42. The average molecular weight is 494 g/mol. The summed E-state index contributed by atoms with van der Waals surface area (Å²) in [7, 11) is -4.49. The van der Waals surface area contributed by atoms with Crippen LogP contribution >= 0.6 is 15.9 Å². The zero-order valence-corrected chi connectivity index (χ0v) is 15.8. The van der Waals surface area contributed by atoms with Crippen LogP contribution in [0.4, 0.5) is 26.3 Å². The maximum Gasteiger partial charge on any atom is 0.573 e. The van der Waals surface area contributed by atoms with E-state index in [2.05, 4.69) is 25.4 Å². The van der Waals surface area contributed by atoms with Gasteiger partial charge in [0.25, 0.3) is 0 Å². The van der Waals surface area contributed by atoms with Gasteiger partial charge in [-0.15, -0.1) is 26.3 Å². The van der Waals surface area contributed by atoms with Crippen molar-refractivity contribution in [2.75, 3.05) is 0 Å². The summed E-state index contributed by atoms with van der Waals surface area (Å²) in [6.07, 6.45) is -10.1. The summed E-state index contributed by atoms with van der Waals surface area (Å²) < 4.78 is 109. The van der Waals surface area contributed by atoms with Crippen LogP contribution in [0.2, 0.25) is 0 Å². The molecule has 0 atom stereocenters. The van der Waals surface area contributed by atoms with Gasteiger partial charge in [-0.2, -0.15) is 0 Å². The maximum absolute atomic E-state index is 12.5. The van der Waals surface area contributed by atoms with Gasteiger partial charge in [-0.3, -0.25) is 0 Å². The summed E-state index contributed by atoms with van der Waals surface area (Å²) in [6, 6.07) is 7.34. The first-order valence-electron chi connectivity index (χ1n) is 7.15. The fourth-order valence-electron chi connectivity index (χ4n) is 2.02. The van der Waals surface area contributed by atoms with Gasteiger partial charge >= 0.3 is 12.7 Å². The zero-order chi connectivity index (χ0) is 21.2. The van der Waals surface area contributed by atoms with Crippen LogP contribution in [-0.2, 0) is 16.6 Å². The SMILES string of the molecule is O=S(=O)(NCc1cccc(OC(F)(F)F)c1)c1ccc(Br)cc1OC(F)(F)F. The lowest BCUT2D eigenvalue weighted by Gasteiger charge is -2.15. The molecule has 0 radical (unpaired) electrons. The number of halogens is 7. The minimum absolute atomic E-state index is 0.0840. The van der Waals surface area contributed by atoms with Gasteiger partial charge in [-0.1, -0.05) is 28.1 Å². The second-order valence-electron chi connectivity index (χ2n) is 5.16. The van der Waals surface area contributed by atoms with Crippen molar-refractivity contribution in [3.63, 3.8) is 0 Å². The first kappa shape index (κ1) is 22.3. The highest BCUT2D eigenvalue weighted by Crippen LogP contribution is 2.32. The molecule has 5 nitrogen and oxygen atoms in total. The Morgan fingerprint density at radius 1 is 0.929 bits per heavy atom. The molecule has 2 aromatic rings. The first-order chi connectivity index (χ1) is 12.8. The van der Waals surface area contributed by atoms with E-state index < -0.39 is 45.7 Å². The fourth-order valence-corrected chi connectivity index (χ4v) is 3.48. The largest absolute Gasteiger partial charge is 0.573 e. The van der Waals surface area contributed by atoms with Crippen LogP contribution in [0, 0.1) is 0 Å². The number of hydrogen-bond donors (Lipinski definition) is 1. The monoisotopic (exact) mass is 493 g/mol. The normalized spacial score (nSPS) is 12.7. The summed E-state index contributed by atoms with van der Waals surface area (Å²) in [6.45, 7) is -0.501. The smallest absolute Gasteiger partial charge is 0.406 e. The van der Waals surface area contributed by atoms with E-state index in [1.165, 1.54) is 18.2 Å². The van der Waals surface area contributed by atoms with Crippen LogP contribution in [0.25, 0.3) is 0 Å². The molecule has 0 fully saturated rings. The van der Waals surface area contributed by atoms with Crippen LogP contribution in [0.5, 0.6) is 11.5 Å². The topological polar surface area (TPSA) is 64.6 Å². The highest BCUT2D eigenvalue weighted by Gasteiger charge is 2.34. The third kappa shape index (κ3) is 6.87. The van der Waals surface area contributed by atoms with Gasteiger partial charge in [0, 0.05) is 11.0 Å². The summed E-state index contributed by atoms with van der Waals surface area (Å²) in [5, 5.41) is 0. The Morgan fingerprint density at radius 3 is 2.18 bits per heavy atom. The molecular weight excluding hydrogens is 484 g/mol. The number of nitrogens with one attached hydrogen (secondary N) is 1. The van der Waals surface area contributed by atoms with Gasteiger partial charge in [0.1, 0.15) is 10.6 Å². The molecule has 28 heavy (non-hydrogen) atoms. The number of ether oxygens (including phenoxy) is 2. The quantitative estimate of drug-likeness (QED) is 0.591. The lowest BCUT2D eigenvalue weighted by atomic mass is 10.2. The van der Waals surface area contributed by atoms with E-state index in [9.17, 15) is 34.8 Å². The number of hydrogen-bond acceptors (Lipinski definition) is 4. The second kappa shape index (κ2) is 8.17. The van der Waals surface area contributed by atoms with Crippen molar-refractivity contribution in [1.29, 1.82) is 0 Å². The summed E-state index contributed by atoms with van der Waals surface area (Å²) in [5.74, 6) is -1.54. The molecule has 0 aromatic heterocycles. The highest BCUT2D eigenvalue weighted by molar-refractivity contribution is 9.10. The van der Waals surface area contributed by atoms with Gasteiger partial charge in [-0.05, 0) is 35.9 Å². The fraction of sp³-hybridized carbons (Fsp3) is 0.200. The van der Waals surface area contributed by atoms with Gasteiger partial charge < -0.3 is 9.47 Å². The number of alkyl halides is 6. The van der Waals surface area contributed by atoms with Crippen LogP contribution in [0.1, 0.15) is 5.56 Å². The van der Waals surface area contributed by atoms with Gasteiger partial charge in [-0.25, -0.2) is 13.1 Å². The van der Waals surface area contributed by atoms with Crippen molar-refractivity contribution in [3.05, 3.63) is 52.5 Å². The highest BCUT2D eigenvalue weighted by atomic mass is 79.9. The van der Waals surface area contributed by atoms with E-state index in [1.807, 2.05) is 4.72 Å². The minimum Gasteiger partial charge on any atom is -0.406 e. The molecule has 1 N–H and O–H groups in total. The van der Waals surface area contributed by atoms with Crippen LogP contribution in [-0.4, -0.2) is 21.1 Å². The third-order valence-corrected chi connectivity index (χ3v) is 4.95. The van der Waals surface area contributed by atoms with Crippen molar-refractivity contribution in [3.8, 4) is 11.5 Å². The van der Waals surface area contributed by atoms with E-state index >= 15 is 0 Å². The van der Waals surface area contributed by atoms with Crippen LogP contribution in [0.3, 0.4) is 0 Å². The molecule has 0 heterocycles. The predicted molar refractivity (Wildman–Crippen MR) is 88.0 cm³/mol. The minimum atomic E-state index is -5.13. The predicted octanol–water partition coefficient (Wildman–Crippen LogP) is 4.72. The van der Waals surface area contributed by atoms with Crippen molar-refractivity contribution in [2.24, 2.45) is 0 Å². The van der Waals surface area contributed by atoms with E-state index in [-0.39, 0.29) is 10.0 Å². The van der Waals surface area contributed by atoms with Crippen molar-refractivity contribution < 1.29 is 44.2 Å². The Kier molecular flexibility index (Phi) is 6.51. The molecule has 0 saturated heterocycles. The molecule has 0 bridgehead atoms. The average Bonchev–Trinajstić information content (AvgIpc) is 2.50. The number of benzene rings is 2. The maximum atomic E-state index is 12.5. The number of sulfonamides is 1. The lowest BCUT2D eigenvalue weighted by molar-refractivity contribution is -0.276. The summed E-state index contributed by atoms with van der Waals surface area (Å²) >= 11 is 2.91. The second-order valence-corrected chi connectivity index (χ2v) is 7.81. The third-order valence-electron chi connectivity index (χ3n) is 3.02. The molecule has 13 heteroatoms. The molecule has 0 aliphatic heterocycles. The van der Waals surface area contributed by atoms with Crippen molar-refractivity contribution >= 4 is 26.0 Å². The molecule has 0 aliphatic rings. The number of rotatable bonds is 6. The van der Waals surface area contributed by atoms with E-state index in [0.717, 1.165) is 24.3 Å². The molecule has 0 amide bonds. The van der Waals surface area contributed by atoms with Crippen LogP contribution in [0.15, 0.2) is 51.8 Å². The molecule has 0 unspecified atom stereocenters. The lowest BCUT2D eigenvalue weighted by Crippen LogP contribution is -2.26. The zero-order valence-electron chi connectivity index (χ0n) is 13.4. The standard InChI is InChI=1S/C15H10BrF6NO4S/c16-10-4-5-13(12(7-10)27-15(20,21)22)28(24,25)23-8-9-2-1-3-11(6-9)26-14(17,18)19/h1-7,23H,8H2. The summed E-state index contributed by atoms with van der Waals surface area (Å²) in [5.41, 5.74) is 0.0840. The van der Waals surface area contributed by atoms with Gasteiger partial charge in [0.15, 0.2) is 5.75 Å². The molecule has 0 saturated carbocycles. The molecule has 0 spiro atoms. The van der Waals surface area contributed by atoms with Gasteiger partial charge in [0.2, 0.25) is 10.0 Å². The molecule has 0 aliphatic carbocycles. The Balaban J connectivity index is 2.22. The molecule has 2 rings (SSSR count). The van der Waals surface area contributed by atoms with E-state index in [4.69, 9.17) is 0 Å².